The van der Waals surface area contributed by atoms with Gasteiger partial charge in [-0.1, -0.05) is 0 Å². The largest absolute Gasteiger partial charge is 1.00 e. The number of halogens is 4. The SMILES string of the molecule is [CH3][Ge+]([CH3])[NH2].[CH3][Ge+]([CH3])[NH2].[CH3][Ge+]([CH3])[NH2].[CH3][Ge+]([CH3])[NH2].[Cl-].[Cl-].[Cl-].[Cl-]. The predicted molar refractivity (Wildman–Crippen MR) is 86.7 cm³/mol. The minimum Gasteiger partial charge on any atom is -1.00 e. The number of hydrogen-bond acceptors (Lipinski definition) is 4. The molecule has 0 atom stereocenters. The van der Waals surface area contributed by atoms with Crippen molar-refractivity contribution in [3.8, 4) is 0 Å². The van der Waals surface area contributed by atoms with Crippen LogP contribution in [-0.4, -0.2) is 58.3 Å². The fourth-order valence-corrected chi connectivity index (χ4v) is 0. The van der Waals surface area contributed by atoms with E-state index in [9.17, 15) is 0 Å². The van der Waals surface area contributed by atoms with Crippen LogP contribution in [0.25, 0.3) is 0 Å². The Kier molecular flexibility index (Phi) is 107. The van der Waals surface area contributed by atoms with Crippen LogP contribution in [0.1, 0.15) is 0 Å². The first-order valence-electron chi connectivity index (χ1n) is 5.15. The van der Waals surface area contributed by atoms with E-state index in [0.29, 0.717) is 0 Å². The topological polar surface area (TPSA) is 104 Å². The van der Waals surface area contributed by atoms with Crippen molar-refractivity contribution in [1.82, 2.24) is 0 Å². The molecular weight excluding hydrogens is 584 g/mol. The van der Waals surface area contributed by atoms with Gasteiger partial charge in [0, 0.05) is 0 Å². The van der Waals surface area contributed by atoms with E-state index in [1.807, 2.05) is 0 Å². The van der Waals surface area contributed by atoms with Gasteiger partial charge in [0.1, 0.15) is 0 Å². The maximum absolute atomic E-state index is 5.28. The van der Waals surface area contributed by atoms with Gasteiger partial charge >= 0.3 is 123 Å². The summed E-state index contributed by atoms with van der Waals surface area (Å²) >= 11 is -3.33. The van der Waals surface area contributed by atoms with Gasteiger partial charge in [0.2, 0.25) is 0 Å². The van der Waals surface area contributed by atoms with Gasteiger partial charge in [-0.2, -0.15) is 0 Å². The van der Waals surface area contributed by atoms with Crippen LogP contribution in [0.2, 0.25) is 46.0 Å². The van der Waals surface area contributed by atoms with Gasteiger partial charge in [-0.25, -0.2) is 0 Å². The summed E-state index contributed by atoms with van der Waals surface area (Å²) in [7, 11) is 0. The first-order chi connectivity index (χ1) is 6.93. The second kappa shape index (κ2) is 43.2. The van der Waals surface area contributed by atoms with Gasteiger partial charge in [0.15, 0.2) is 0 Å². The molecule has 0 unspecified atom stereocenters. The van der Waals surface area contributed by atoms with E-state index in [0.717, 1.165) is 0 Å². The van der Waals surface area contributed by atoms with Crippen LogP contribution in [0, 0.1) is 0 Å². The Bertz CT molecular complexity index is 81.5. The summed E-state index contributed by atoms with van der Waals surface area (Å²) in [6.45, 7) is 0. The quantitative estimate of drug-likeness (QED) is 0.203. The van der Waals surface area contributed by atoms with Crippen molar-refractivity contribution in [2.75, 3.05) is 0 Å². The third kappa shape index (κ3) is 856. The smallest absolute Gasteiger partial charge is 1.00 e. The molecule has 8 N–H and O–H groups in total. The van der Waals surface area contributed by atoms with E-state index >= 15 is 0 Å². The molecule has 0 heterocycles. The molecule has 0 bridgehead atoms. The van der Waals surface area contributed by atoms with Crippen LogP contribution in [0.3, 0.4) is 0 Å². The zero-order valence-electron chi connectivity index (χ0n) is 13.8. The van der Waals surface area contributed by atoms with Gasteiger partial charge in [0.25, 0.3) is 0 Å². The molecular formula is C8H32Cl4Ge4N4. The van der Waals surface area contributed by atoms with Crippen molar-refractivity contribution in [2.24, 2.45) is 18.8 Å². The second-order valence-corrected chi connectivity index (χ2v) is 22.4. The molecule has 0 fully saturated rings. The normalized spacial score (nSPS) is 5.40. The molecule has 0 saturated heterocycles. The summed E-state index contributed by atoms with van der Waals surface area (Å²) in [5, 5.41) is 0. The monoisotopic (exact) mass is 620 g/mol. The Labute approximate surface area is 171 Å². The Morgan fingerprint density at radius 3 is 0.350 bits per heavy atom. The van der Waals surface area contributed by atoms with Crippen LogP contribution in [0.15, 0.2) is 0 Å². The van der Waals surface area contributed by atoms with Gasteiger partial charge in [0.05, 0.1) is 0 Å². The third-order valence-corrected chi connectivity index (χ3v) is 0. The molecule has 0 aliphatic heterocycles. The van der Waals surface area contributed by atoms with Crippen LogP contribution >= 0.6 is 0 Å². The van der Waals surface area contributed by atoms with Crippen LogP contribution in [-0.2, 0) is 0 Å². The van der Waals surface area contributed by atoms with Gasteiger partial charge in [-0.05, 0) is 0 Å². The van der Waals surface area contributed by atoms with Crippen LogP contribution in [0.4, 0.5) is 0 Å². The predicted octanol–water partition coefficient (Wildman–Crippen LogP) is -11.2. The van der Waals surface area contributed by atoms with E-state index in [1.165, 1.54) is 0 Å². The van der Waals surface area contributed by atoms with E-state index in [4.69, 9.17) is 18.8 Å². The van der Waals surface area contributed by atoms with E-state index in [-0.39, 0.29) is 49.6 Å². The van der Waals surface area contributed by atoms with Crippen molar-refractivity contribution in [1.29, 1.82) is 0 Å². The van der Waals surface area contributed by atoms with Gasteiger partial charge in [-0.3, -0.25) is 0 Å². The zero-order valence-corrected chi connectivity index (χ0v) is 25.2. The zero-order chi connectivity index (χ0) is 14.3. The molecule has 0 aromatic heterocycles. The third-order valence-electron chi connectivity index (χ3n) is 0. The summed E-state index contributed by atoms with van der Waals surface area (Å²) in [6, 6.07) is 0. The first kappa shape index (κ1) is 49.5. The number of hydrogen-bond donors (Lipinski definition) is 4. The summed E-state index contributed by atoms with van der Waals surface area (Å²) in [4.78, 5) is 0. The average Bonchev–Trinajstić information content (AvgIpc) is 1.76. The molecule has 0 aliphatic carbocycles. The standard InChI is InChI=1S/4C2H8GeN.4ClH/c4*1-3(2)4;;;;/h4*4H2,1-2H3;4*1H/q4*+1;;;;/p-4. The van der Waals surface area contributed by atoms with Crippen LogP contribution < -0.4 is 68.4 Å². The number of rotatable bonds is 0. The summed E-state index contributed by atoms with van der Waals surface area (Å²) in [5.74, 6) is 16.9. The summed E-state index contributed by atoms with van der Waals surface area (Å²) < 4.78 is 21.1. The molecule has 0 amide bonds. The van der Waals surface area contributed by atoms with Gasteiger partial charge in [-0.15, -0.1) is 0 Å². The fourth-order valence-electron chi connectivity index (χ4n) is 0. The molecule has 0 aliphatic rings. The molecule has 0 aromatic carbocycles. The van der Waals surface area contributed by atoms with Crippen molar-refractivity contribution in [3.63, 3.8) is 0 Å². The molecule has 128 valence electrons. The first-order valence-corrected chi connectivity index (χ1v) is 26.8. The Hall–Kier alpha value is 3.17. The van der Waals surface area contributed by atoms with Crippen molar-refractivity contribution < 1.29 is 49.6 Å². The summed E-state index contributed by atoms with van der Waals surface area (Å²) in [6.07, 6.45) is 0. The molecule has 0 saturated carbocycles. The maximum atomic E-state index is 5.28. The van der Waals surface area contributed by atoms with Crippen LogP contribution in [0.5, 0.6) is 0 Å². The average molecular weight is 617 g/mol. The molecule has 0 radical (unpaired) electrons. The Morgan fingerprint density at radius 2 is 0.350 bits per heavy atom. The molecule has 0 rings (SSSR count). The molecule has 0 spiro atoms. The van der Waals surface area contributed by atoms with E-state index < -0.39 is 58.3 Å². The fraction of sp³-hybridized carbons (Fsp3) is 1.00. The number of nitrogens with two attached hydrogens (primary N) is 4. The molecule has 20 heavy (non-hydrogen) atoms. The maximum Gasteiger partial charge on any atom is -1.00 e. The minimum absolute atomic E-state index is 0. The van der Waals surface area contributed by atoms with Crippen molar-refractivity contribution in [3.05, 3.63) is 0 Å². The van der Waals surface area contributed by atoms with Crippen molar-refractivity contribution >= 4 is 58.3 Å². The minimum atomic E-state index is -0.833. The van der Waals surface area contributed by atoms with E-state index in [2.05, 4.69) is 46.0 Å². The van der Waals surface area contributed by atoms with Gasteiger partial charge < -0.3 is 49.6 Å². The Balaban J connectivity index is -0.0000000150. The second-order valence-electron chi connectivity index (χ2n) is 4.31. The molecule has 0 aromatic rings. The molecule has 12 heteroatoms. The van der Waals surface area contributed by atoms with E-state index in [1.54, 1.807) is 0 Å². The molecule has 4 nitrogen and oxygen atoms in total. The van der Waals surface area contributed by atoms with Crippen molar-refractivity contribution in [2.45, 2.75) is 46.0 Å². The summed E-state index contributed by atoms with van der Waals surface area (Å²) in [5.41, 5.74) is 0. The Morgan fingerprint density at radius 1 is 0.350 bits per heavy atom.